The number of allylic oxidation sites excluding steroid dienone is 2. The fourth-order valence-electron chi connectivity index (χ4n) is 5.11. The van der Waals surface area contributed by atoms with Crippen molar-refractivity contribution in [3.63, 3.8) is 0 Å². The Kier molecular flexibility index (Phi) is 4.29. The number of benzene rings is 1. The normalized spacial score (nSPS) is 33.0. The van der Waals surface area contributed by atoms with Gasteiger partial charge in [-0.1, -0.05) is 48.9 Å². The Labute approximate surface area is 140 Å². The fraction of sp³-hybridized carbons (Fsp3) is 0.619. The van der Waals surface area contributed by atoms with Crippen molar-refractivity contribution < 1.29 is 5.11 Å². The van der Waals surface area contributed by atoms with Gasteiger partial charge in [-0.15, -0.1) is 0 Å². The molecule has 3 aliphatic rings. The molecule has 0 amide bonds. The monoisotopic (exact) mass is 311 g/mol. The van der Waals surface area contributed by atoms with E-state index < -0.39 is 5.60 Å². The third-order valence-electron chi connectivity index (χ3n) is 6.42. The zero-order chi connectivity index (χ0) is 15.7. The van der Waals surface area contributed by atoms with Crippen LogP contribution in [-0.2, 0) is 5.60 Å². The van der Waals surface area contributed by atoms with Crippen molar-refractivity contribution in [2.24, 2.45) is 17.8 Å². The van der Waals surface area contributed by atoms with Crippen molar-refractivity contribution in [2.75, 3.05) is 19.6 Å². The predicted octanol–water partition coefficient (Wildman–Crippen LogP) is 3.96. The zero-order valence-electron chi connectivity index (χ0n) is 14.0. The van der Waals surface area contributed by atoms with Crippen LogP contribution in [0, 0.1) is 17.8 Å². The van der Waals surface area contributed by atoms with Gasteiger partial charge in [0.15, 0.2) is 0 Å². The lowest BCUT2D eigenvalue weighted by Crippen LogP contribution is -2.42. The minimum Gasteiger partial charge on any atom is -0.385 e. The summed E-state index contributed by atoms with van der Waals surface area (Å²) in [5.74, 6) is 1.67. The average Bonchev–Trinajstić information content (AvgIpc) is 3.25. The van der Waals surface area contributed by atoms with Crippen LogP contribution in [-0.4, -0.2) is 29.6 Å². The van der Waals surface area contributed by atoms with E-state index in [0.29, 0.717) is 17.8 Å². The van der Waals surface area contributed by atoms with Gasteiger partial charge < -0.3 is 10.0 Å². The van der Waals surface area contributed by atoms with Crippen molar-refractivity contribution >= 4 is 0 Å². The van der Waals surface area contributed by atoms with Crippen LogP contribution in [0.2, 0.25) is 0 Å². The summed E-state index contributed by atoms with van der Waals surface area (Å²) in [6, 6.07) is 10.5. The van der Waals surface area contributed by atoms with Crippen LogP contribution >= 0.6 is 0 Å². The van der Waals surface area contributed by atoms with Crippen molar-refractivity contribution in [1.82, 2.24) is 4.90 Å². The van der Waals surface area contributed by atoms with Crippen LogP contribution in [0.4, 0.5) is 0 Å². The van der Waals surface area contributed by atoms with Crippen molar-refractivity contribution in [3.8, 4) is 0 Å². The van der Waals surface area contributed by atoms with Gasteiger partial charge in [0.25, 0.3) is 0 Å². The Morgan fingerprint density at radius 1 is 1.00 bits per heavy atom. The largest absolute Gasteiger partial charge is 0.385 e. The highest BCUT2D eigenvalue weighted by atomic mass is 16.3. The van der Waals surface area contributed by atoms with E-state index in [4.69, 9.17) is 0 Å². The van der Waals surface area contributed by atoms with E-state index in [1.165, 1.54) is 38.8 Å². The maximum atomic E-state index is 11.8. The number of hydrogen-bond acceptors (Lipinski definition) is 2. The van der Waals surface area contributed by atoms with Crippen molar-refractivity contribution in [3.05, 3.63) is 48.0 Å². The Balaban J connectivity index is 1.55. The molecule has 4 atom stereocenters. The molecule has 0 spiro atoms. The third-order valence-corrected chi connectivity index (χ3v) is 6.42. The first-order valence-electron chi connectivity index (χ1n) is 9.44. The Bertz CT molecular complexity index is 548. The minimum atomic E-state index is -0.664. The molecular formula is C21H29NO. The molecule has 2 aliphatic carbocycles. The molecular weight excluding hydrogens is 282 g/mol. The number of fused-ring (bicyclic) bond motifs is 2. The molecule has 2 fully saturated rings. The highest BCUT2D eigenvalue weighted by Gasteiger charge is 2.48. The van der Waals surface area contributed by atoms with Crippen molar-refractivity contribution in [1.29, 1.82) is 0 Å². The summed E-state index contributed by atoms with van der Waals surface area (Å²) in [6.07, 6.45) is 12.0. The second-order valence-corrected chi connectivity index (χ2v) is 7.83. The number of hydrogen-bond donors (Lipinski definition) is 1. The average molecular weight is 311 g/mol. The van der Waals surface area contributed by atoms with Crippen LogP contribution in [0.15, 0.2) is 42.5 Å². The zero-order valence-corrected chi connectivity index (χ0v) is 14.0. The topological polar surface area (TPSA) is 23.5 Å². The first kappa shape index (κ1) is 15.4. The molecule has 2 nitrogen and oxygen atoms in total. The van der Waals surface area contributed by atoms with E-state index in [9.17, 15) is 5.11 Å². The molecule has 1 N–H and O–H groups in total. The summed E-state index contributed by atoms with van der Waals surface area (Å²) in [5, 5.41) is 11.8. The lowest BCUT2D eigenvalue weighted by molar-refractivity contribution is -0.0495. The molecule has 4 rings (SSSR count). The number of nitrogens with zero attached hydrogens (tertiary/aromatic N) is 1. The van der Waals surface area contributed by atoms with Gasteiger partial charge in [0.05, 0.1) is 5.60 Å². The number of piperidine rings is 1. The molecule has 23 heavy (non-hydrogen) atoms. The molecule has 1 aromatic carbocycles. The van der Waals surface area contributed by atoms with Gasteiger partial charge in [0.2, 0.25) is 0 Å². The summed E-state index contributed by atoms with van der Waals surface area (Å²) in [5.41, 5.74) is 0.464. The lowest BCUT2D eigenvalue weighted by atomic mass is 9.72. The van der Waals surface area contributed by atoms with Crippen LogP contribution in [0.1, 0.15) is 44.1 Å². The van der Waals surface area contributed by atoms with Gasteiger partial charge in [0, 0.05) is 6.54 Å². The molecule has 3 unspecified atom stereocenters. The van der Waals surface area contributed by atoms with Crippen molar-refractivity contribution in [2.45, 2.75) is 44.1 Å². The second kappa shape index (κ2) is 6.41. The molecule has 1 aliphatic heterocycles. The molecule has 1 aromatic rings. The number of rotatable bonds is 5. The van der Waals surface area contributed by atoms with E-state index in [0.717, 1.165) is 24.9 Å². The van der Waals surface area contributed by atoms with Gasteiger partial charge in [0.1, 0.15) is 0 Å². The van der Waals surface area contributed by atoms with Crippen LogP contribution in [0.5, 0.6) is 0 Å². The predicted molar refractivity (Wildman–Crippen MR) is 94.1 cm³/mol. The second-order valence-electron chi connectivity index (χ2n) is 7.83. The Hall–Kier alpha value is -1.12. The Morgan fingerprint density at radius 3 is 2.43 bits per heavy atom. The van der Waals surface area contributed by atoms with Gasteiger partial charge in [-0.25, -0.2) is 0 Å². The van der Waals surface area contributed by atoms with E-state index in [1.807, 2.05) is 0 Å². The molecule has 0 radical (unpaired) electrons. The summed E-state index contributed by atoms with van der Waals surface area (Å²) in [4.78, 5) is 2.56. The first-order valence-corrected chi connectivity index (χ1v) is 9.44. The SMILES string of the molecule is OC(CCN1CCCCC1)(c1ccccc1)[C@H]1CC2C=CC1C2. The molecule has 2 heteroatoms. The van der Waals surface area contributed by atoms with E-state index in [-0.39, 0.29) is 0 Å². The van der Waals surface area contributed by atoms with Crippen LogP contribution in [0.25, 0.3) is 0 Å². The Morgan fingerprint density at radius 2 is 1.78 bits per heavy atom. The standard InChI is InChI=1S/C21H29NO/c23-21(19-7-3-1-4-8-19,11-14-22-12-5-2-6-13-22)20-16-17-9-10-18(20)15-17/h1,3-4,7-10,17-18,20,23H,2,5-6,11-16H2/t17?,18?,20-,21?/m0/s1. The summed E-state index contributed by atoms with van der Waals surface area (Å²) in [7, 11) is 0. The summed E-state index contributed by atoms with van der Waals surface area (Å²) >= 11 is 0. The maximum absolute atomic E-state index is 11.8. The highest BCUT2D eigenvalue weighted by Crippen LogP contribution is 2.52. The fourth-order valence-corrected chi connectivity index (χ4v) is 5.11. The maximum Gasteiger partial charge on any atom is 0.0942 e. The third kappa shape index (κ3) is 2.99. The van der Waals surface area contributed by atoms with Gasteiger partial charge in [-0.3, -0.25) is 0 Å². The molecule has 124 valence electrons. The number of aliphatic hydroxyl groups is 1. The van der Waals surface area contributed by atoms with Gasteiger partial charge in [-0.2, -0.15) is 0 Å². The highest BCUT2D eigenvalue weighted by molar-refractivity contribution is 5.27. The van der Waals surface area contributed by atoms with Crippen LogP contribution < -0.4 is 0 Å². The minimum absolute atomic E-state index is 0.393. The first-order chi connectivity index (χ1) is 11.3. The summed E-state index contributed by atoms with van der Waals surface area (Å²) in [6.45, 7) is 3.45. The van der Waals surface area contributed by atoms with E-state index in [1.54, 1.807) is 0 Å². The quantitative estimate of drug-likeness (QED) is 0.832. The molecule has 2 bridgehead atoms. The molecule has 1 saturated heterocycles. The molecule has 1 saturated carbocycles. The van der Waals surface area contributed by atoms with E-state index in [2.05, 4.69) is 47.4 Å². The smallest absolute Gasteiger partial charge is 0.0942 e. The number of likely N-dealkylation sites (tertiary alicyclic amines) is 1. The molecule has 1 heterocycles. The van der Waals surface area contributed by atoms with Gasteiger partial charge in [-0.05, 0) is 68.5 Å². The molecule has 0 aromatic heterocycles. The lowest BCUT2D eigenvalue weighted by Gasteiger charge is -2.40. The summed E-state index contributed by atoms with van der Waals surface area (Å²) < 4.78 is 0. The van der Waals surface area contributed by atoms with E-state index >= 15 is 0 Å². The van der Waals surface area contributed by atoms with Crippen LogP contribution in [0.3, 0.4) is 0 Å². The van der Waals surface area contributed by atoms with Gasteiger partial charge >= 0.3 is 0 Å².